The van der Waals surface area contributed by atoms with Gasteiger partial charge in [-0.25, -0.2) is 4.79 Å². The first-order valence-electron chi connectivity index (χ1n) is 7.21. The van der Waals surface area contributed by atoms with Crippen molar-refractivity contribution in [1.82, 2.24) is 0 Å². The van der Waals surface area contributed by atoms with E-state index < -0.39 is 11.5 Å². The Morgan fingerprint density at radius 3 is 2.57 bits per heavy atom. The van der Waals surface area contributed by atoms with E-state index in [1.807, 2.05) is 43.3 Å². The van der Waals surface area contributed by atoms with Crippen LogP contribution in [0.5, 0.6) is 5.75 Å². The molecule has 0 aliphatic carbocycles. The van der Waals surface area contributed by atoms with Gasteiger partial charge in [0.05, 0.1) is 16.9 Å². The largest absolute Gasteiger partial charge is 0.437 e. The molecule has 2 aromatic carbocycles. The maximum Gasteiger partial charge on any atom is 0.344 e. The summed E-state index contributed by atoms with van der Waals surface area (Å²) >= 11 is 0. The van der Waals surface area contributed by atoms with Gasteiger partial charge in [0.15, 0.2) is 5.75 Å². The van der Waals surface area contributed by atoms with Crippen molar-refractivity contribution in [3.05, 3.63) is 75.6 Å². The van der Waals surface area contributed by atoms with Gasteiger partial charge in [-0.3, -0.25) is 0 Å². The second-order valence-corrected chi connectivity index (χ2v) is 5.51. The van der Waals surface area contributed by atoms with Crippen molar-refractivity contribution in [3.63, 3.8) is 0 Å². The zero-order chi connectivity index (χ0) is 16.0. The highest BCUT2D eigenvalue weighted by molar-refractivity contribution is 5.99. The lowest BCUT2D eigenvalue weighted by molar-refractivity contribution is 0.303. The van der Waals surface area contributed by atoms with Gasteiger partial charge in [0.1, 0.15) is 5.58 Å². The first-order chi connectivity index (χ1) is 11.2. The van der Waals surface area contributed by atoms with Crippen molar-refractivity contribution in [2.24, 2.45) is 5.16 Å². The molecule has 1 N–H and O–H groups in total. The predicted octanol–water partition coefficient (Wildman–Crippen LogP) is 3.41. The molecule has 0 spiro atoms. The summed E-state index contributed by atoms with van der Waals surface area (Å²) in [5, 5.41) is 13.2. The monoisotopic (exact) mass is 307 g/mol. The lowest BCUT2D eigenvalue weighted by Gasteiger charge is -2.08. The number of para-hydroxylation sites is 1. The Balaban J connectivity index is 2.02. The van der Waals surface area contributed by atoms with Crippen LogP contribution in [0.4, 0.5) is 0 Å². The van der Waals surface area contributed by atoms with Crippen LogP contribution in [-0.4, -0.2) is 11.1 Å². The summed E-state index contributed by atoms with van der Waals surface area (Å²) in [6, 6.07) is 14.8. The number of rotatable bonds is 1. The molecular weight excluding hydrogens is 294 g/mol. The standard InChI is InChI=1S/C18H13NO4/c1-10-6-8-11(9-7-10)14-15-16(23-17(14)19-21)12-4-2-3-5-13(12)22-18(15)20/h2-9,14,21H,1H3/b19-17+. The second kappa shape index (κ2) is 4.98. The summed E-state index contributed by atoms with van der Waals surface area (Å²) in [7, 11) is 0. The summed E-state index contributed by atoms with van der Waals surface area (Å²) in [6.07, 6.45) is 0. The second-order valence-electron chi connectivity index (χ2n) is 5.51. The van der Waals surface area contributed by atoms with E-state index in [1.54, 1.807) is 12.1 Å². The lowest BCUT2D eigenvalue weighted by Crippen LogP contribution is -2.16. The fourth-order valence-electron chi connectivity index (χ4n) is 2.93. The molecule has 0 radical (unpaired) electrons. The average molecular weight is 307 g/mol. The summed E-state index contributed by atoms with van der Waals surface area (Å²) in [5.74, 6) is -0.0980. The Hall–Kier alpha value is -3.08. The fourth-order valence-corrected chi connectivity index (χ4v) is 2.93. The molecule has 0 saturated carbocycles. The first-order valence-corrected chi connectivity index (χ1v) is 7.21. The minimum absolute atomic E-state index is 0.0764. The molecule has 23 heavy (non-hydrogen) atoms. The molecule has 0 fully saturated rings. The highest BCUT2D eigenvalue weighted by Gasteiger charge is 2.38. The summed E-state index contributed by atoms with van der Waals surface area (Å²) < 4.78 is 11.1. The van der Waals surface area contributed by atoms with Gasteiger partial charge in [0.2, 0.25) is 5.90 Å². The van der Waals surface area contributed by atoms with Crippen LogP contribution in [0.15, 0.2) is 62.9 Å². The average Bonchev–Trinajstić information content (AvgIpc) is 2.96. The van der Waals surface area contributed by atoms with Crippen molar-refractivity contribution in [3.8, 4) is 5.75 Å². The SMILES string of the molecule is Cc1ccc(C2/C(=N\O)Oc3c2c(=O)oc2ccccc32)cc1. The smallest absolute Gasteiger partial charge is 0.344 e. The number of ether oxygens (including phenoxy) is 1. The summed E-state index contributed by atoms with van der Waals surface area (Å²) in [5.41, 5.74) is 2.23. The molecule has 1 atom stereocenters. The maximum absolute atomic E-state index is 12.5. The normalized spacial score (nSPS) is 18.1. The van der Waals surface area contributed by atoms with Gasteiger partial charge >= 0.3 is 5.63 Å². The Labute approximate surface area is 131 Å². The first kappa shape index (κ1) is 13.6. The van der Waals surface area contributed by atoms with Crippen molar-refractivity contribution in [2.75, 3.05) is 0 Å². The third-order valence-electron chi connectivity index (χ3n) is 4.05. The van der Waals surface area contributed by atoms with Gasteiger partial charge < -0.3 is 14.4 Å². The number of aryl methyl sites for hydroxylation is 1. The van der Waals surface area contributed by atoms with Crippen LogP contribution in [0, 0.1) is 6.92 Å². The summed E-state index contributed by atoms with van der Waals surface area (Å²) in [6.45, 7) is 1.98. The zero-order valence-electron chi connectivity index (χ0n) is 12.3. The molecule has 0 saturated heterocycles. The maximum atomic E-state index is 12.5. The molecular formula is C18H13NO4. The molecule has 3 aromatic rings. The molecule has 0 amide bonds. The third kappa shape index (κ3) is 2.01. The molecule has 1 unspecified atom stereocenters. The molecule has 2 heterocycles. The molecule has 1 aromatic heterocycles. The third-order valence-corrected chi connectivity index (χ3v) is 4.05. The molecule has 1 aliphatic rings. The Morgan fingerprint density at radius 1 is 1.09 bits per heavy atom. The van der Waals surface area contributed by atoms with Gasteiger partial charge in [-0.05, 0) is 24.6 Å². The Morgan fingerprint density at radius 2 is 1.83 bits per heavy atom. The van der Waals surface area contributed by atoms with Gasteiger partial charge in [-0.15, -0.1) is 0 Å². The van der Waals surface area contributed by atoms with E-state index in [-0.39, 0.29) is 5.90 Å². The molecule has 4 rings (SSSR count). The molecule has 114 valence electrons. The van der Waals surface area contributed by atoms with Crippen LogP contribution >= 0.6 is 0 Å². The van der Waals surface area contributed by atoms with E-state index in [9.17, 15) is 10.0 Å². The van der Waals surface area contributed by atoms with Gasteiger partial charge in [0, 0.05) is 0 Å². The highest BCUT2D eigenvalue weighted by atomic mass is 16.5. The van der Waals surface area contributed by atoms with Crippen LogP contribution in [0.25, 0.3) is 11.0 Å². The van der Waals surface area contributed by atoms with E-state index in [2.05, 4.69) is 5.16 Å². The van der Waals surface area contributed by atoms with E-state index in [4.69, 9.17) is 9.15 Å². The van der Waals surface area contributed by atoms with Crippen molar-refractivity contribution >= 4 is 16.9 Å². The number of hydrogen-bond acceptors (Lipinski definition) is 5. The van der Waals surface area contributed by atoms with Gasteiger partial charge in [-0.1, -0.05) is 47.1 Å². The Bertz CT molecular complexity index is 986. The number of benzene rings is 2. The zero-order valence-corrected chi connectivity index (χ0v) is 12.3. The molecule has 5 heteroatoms. The van der Waals surface area contributed by atoms with E-state index in [1.165, 1.54) is 0 Å². The minimum Gasteiger partial charge on any atom is -0.437 e. The van der Waals surface area contributed by atoms with Crippen LogP contribution in [-0.2, 0) is 0 Å². The van der Waals surface area contributed by atoms with Gasteiger partial charge in [-0.2, -0.15) is 0 Å². The van der Waals surface area contributed by atoms with Crippen LogP contribution in [0.1, 0.15) is 22.6 Å². The van der Waals surface area contributed by atoms with E-state index in [0.717, 1.165) is 11.1 Å². The van der Waals surface area contributed by atoms with Crippen molar-refractivity contribution < 1.29 is 14.4 Å². The quantitative estimate of drug-likeness (QED) is 0.425. The number of oxime groups is 1. The van der Waals surface area contributed by atoms with Crippen LogP contribution in [0.2, 0.25) is 0 Å². The summed E-state index contributed by atoms with van der Waals surface area (Å²) in [4.78, 5) is 12.5. The van der Waals surface area contributed by atoms with Crippen molar-refractivity contribution in [1.29, 1.82) is 0 Å². The topological polar surface area (TPSA) is 72.0 Å². The lowest BCUT2D eigenvalue weighted by atomic mass is 9.92. The number of nitrogens with zero attached hydrogens (tertiary/aromatic N) is 1. The fraction of sp³-hybridized carbons (Fsp3) is 0.111. The molecule has 0 bridgehead atoms. The Kier molecular flexibility index (Phi) is 2.94. The van der Waals surface area contributed by atoms with E-state index >= 15 is 0 Å². The molecule has 1 aliphatic heterocycles. The number of fused-ring (bicyclic) bond motifs is 3. The van der Waals surface area contributed by atoms with E-state index in [0.29, 0.717) is 22.3 Å². The van der Waals surface area contributed by atoms with Crippen molar-refractivity contribution in [2.45, 2.75) is 12.8 Å². The minimum atomic E-state index is -0.573. The van der Waals surface area contributed by atoms with Gasteiger partial charge in [0.25, 0.3) is 0 Å². The highest BCUT2D eigenvalue weighted by Crippen LogP contribution is 2.41. The number of hydrogen-bond donors (Lipinski definition) is 1. The van der Waals surface area contributed by atoms with Crippen LogP contribution < -0.4 is 10.4 Å². The molecule has 5 nitrogen and oxygen atoms in total. The predicted molar refractivity (Wildman–Crippen MR) is 85.4 cm³/mol. The van der Waals surface area contributed by atoms with Crippen LogP contribution in [0.3, 0.4) is 0 Å².